The van der Waals surface area contributed by atoms with Crippen LogP contribution >= 0.6 is 24.0 Å². The number of benzene rings is 1. The second-order valence-corrected chi connectivity index (χ2v) is 5.28. The van der Waals surface area contributed by atoms with Crippen LogP contribution in [0.1, 0.15) is 31.7 Å². The molecule has 0 radical (unpaired) electrons. The number of guanidine groups is 1. The minimum atomic E-state index is 0. The van der Waals surface area contributed by atoms with Crippen LogP contribution in [-0.4, -0.2) is 25.7 Å². The van der Waals surface area contributed by atoms with E-state index in [4.69, 9.17) is 10.5 Å². The van der Waals surface area contributed by atoms with Gasteiger partial charge in [-0.25, -0.2) is 0 Å². The van der Waals surface area contributed by atoms with Crippen molar-refractivity contribution in [2.45, 2.75) is 32.6 Å². The molecular formula is C16H26IN3O. The molecule has 0 aliphatic heterocycles. The van der Waals surface area contributed by atoms with Gasteiger partial charge in [-0.15, -0.1) is 24.0 Å². The maximum atomic E-state index is 5.86. The number of hydrogen-bond acceptors (Lipinski definition) is 2. The summed E-state index contributed by atoms with van der Waals surface area (Å²) in [4.78, 5) is 4.38. The molecule has 0 amide bonds. The lowest BCUT2D eigenvalue weighted by Crippen LogP contribution is -2.34. The Morgan fingerprint density at radius 3 is 2.90 bits per heavy atom. The lowest BCUT2D eigenvalue weighted by atomic mass is 9.86. The van der Waals surface area contributed by atoms with E-state index in [0.29, 0.717) is 12.6 Å². The van der Waals surface area contributed by atoms with Gasteiger partial charge in [0.1, 0.15) is 5.75 Å². The molecule has 21 heavy (non-hydrogen) atoms. The molecule has 0 saturated heterocycles. The lowest BCUT2D eigenvalue weighted by molar-refractivity contribution is 0.326. The highest BCUT2D eigenvalue weighted by atomic mass is 127. The zero-order valence-corrected chi connectivity index (χ0v) is 15.0. The fourth-order valence-electron chi connectivity index (χ4n) is 2.25. The SMILES string of the molecule is CCOc1cccc(CCNC(N)=NCC2CCC2)c1.I. The summed E-state index contributed by atoms with van der Waals surface area (Å²) < 4.78 is 5.49. The average Bonchev–Trinajstić information content (AvgIpc) is 2.38. The Labute approximate surface area is 144 Å². The van der Waals surface area contributed by atoms with Gasteiger partial charge in [-0.05, 0) is 49.8 Å². The Kier molecular flexibility index (Phi) is 8.49. The zero-order chi connectivity index (χ0) is 14.2. The third-order valence-corrected chi connectivity index (χ3v) is 3.67. The fourth-order valence-corrected chi connectivity index (χ4v) is 2.25. The predicted octanol–water partition coefficient (Wildman–Crippen LogP) is 2.95. The molecule has 1 aromatic rings. The highest BCUT2D eigenvalue weighted by molar-refractivity contribution is 14.0. The normalized spacial score (nSPS) is 15.0. The van der Waals surface area contributed by atoms with E-state index >= 15 is 0 Å². The van der Waals surface area contributed by atoms with E-state index in [9.17, 15) is 0 Å². The third kappa shape index (κ3) is 6.54. The number of halogens is 1. The van der Waals surface area contributed by atoms with E-state index in [0.717, 1.165) is 31.2 Å². The smallest absolute Gasteiger partial charge is 0.188 e. The van der Waals surface area contributed by atoms with Crippen molar-refractivity contribution in [1.82, 2.24) is 5.32 Å². The first kappa shape index (κ1) is 18.1. The van der Waals surface area contributed by atoms with Gasteiger partial charge in [0.25, 0.3) is 0 Å². The molecule has 0 atom stereocenters. The molecule has 0 unspecified atom stereocenters. The van der Waals surface area contributed by atoms with Gasteiger partial charge in [-0.2, -0.15) is 0 Å². The number of nitrogens with one attached hydrogen (secondary N) is 1. The molecule has 118 valence electrons. The molecule has 1 aromatic carbocycles. The van der Waals surface area contributed by atoms with Crippen molar-refractivity contribution in [3.8, 4) is 5.75 Å². The van der Waals surface area contributed by atoms with Crippen LogP contribution in [0.3, 0.4) is 0 Å². The Morgan fingerprint density at radius 2 is 2.24 bits per heavy atom. The molecule has 1 aliphatic rings. The van der Waals surface area contributed by atoms with E-state index in [-0.39, 0.29) is 24.0 Å². The van der Waals surface area contributed by atoms with Crippen molar-refractivity contribution in [2.24, 2.45) is 16.6 Å². The molecule has 0 bridgehead atoms. The number of aliphatic imine (C=N–C) groups is 1. The van der Waals surface area contributed by atoms with Crippen molar-refractivity contribution < 1.29 is 4.74 Å². The van der Waals surface area contributed by atoms with Crippen LogP contribution in [0.25, 0.3) is 0 Å². The quantitative estimate of drug-likeness (QED) is 0.418. The van der Waals surface area contributed by atoms with Gasteiger partial charge in [0.05, 0.1) is 6.61 Å². The van der Waals surface area contributed by atoms with Gasteiger partial charge in [0.2, 0.25) is 0 Å². The summed E-state index contributed by atoms with van der Waals surface area (Å²) in [5.74, 6) is 2.26. The van der Waals surface area contributed by atoms with Gasteiger partial charge >= 0.3 is 0 Å². The fraction of sp³-hybridized carbons (Fsp3) is 0.562. The minimum Gasteiger partial charge on any atom is -0.494 e. The van der Waals surface area contributed by atoms with Crippen LogP contribution in [0.4, 0.5) is 0 Å². The van der Waals surface area contributed by atoms with Gasteiger partial charge < -0.3 is 15.8 Å². The number of hydrogen-bond donors (Lipinski definition) is 2. The summed E-state index contributed by atoms with van der Waals surface area (Å²) in [5.41, 5.74) is 7.10. The first-order valence-corrected chi connectivity index (χ1v) is 7.53. The molecule has 2 rings (SSSR count). The summed E-state index contributed by atoms with van der Waals surface area (Å²) in [6.45, 7) is 4.37. The maximum absolute atomic E-state index is 5.86. The highest BCUT2D eigenvalue weighted by Crippen LogP contribution is 2.26. The molecule has 0 spiro atoms. The van der Waals surface area contributed by atoms with Gasteiger partial charge in [0.15, 0.2) is 5.96 Å². The van der Waals surface area contributed by atoms with Crippen molar-refractivity contribution in [1.29, 1.82) is 0 Å². The zero-order valence-electron chi connectivity index (χ0n) is 12.7. The Morgan fingerprint density at radius 1 is 1.43 bits per heavy atom. The summed E-state index contributed by atoms with van der Waals surface area (Å²) >= 11 is 0. The molecule has 0 heterocycles. The van der Waals surface area contributed by atoms with Crippen molar-refractivity contribution in [3.05, 3.63) is 29.8 Å². The molecule has 1 saturated carbocycles. The second kappa shape index (κ2) is 9.87. The number of ether oxygens (including phenoxy) is 1. The highest BCUT2D eigenvalue weighted by Gasteiger charge is 2.16. The third-order valence-electron chi connectivity index (χ3n) is 3.67. The monoisotopic (exact) mass is 403 g/mol. The predicted molar refractivity (Wildman–Crippen MR) is 98.6 cm³/mol. The van der Waals surface area contributed by atoms with E-state index < -0.39 is 0 Å². The Balaban J connectivity index is 0.00000220. The second-order valence-electron chi connectivity index (χ2n) is 5.28. The van der Waals surface area contributed by atoms with E-state index in [1.54, 1.807) is 0 Å². The van der Waals surface area contributed by atoms with Crippen LogP contribution in [-0.2, 0) is 6.42 Å². The lowest BCUT2D eigenvalue weighted by Gasteiger charge is -2.23. The molecule has 1 aliphatic carbocycles. The Hall–Kier alpha value is -0.980. The van der Waals surface area contributed by atoms with Gasteiger partial charge in [-0.3, -0.25) is 4.99 Å². The molecule has 5 heteroatoms. The van der Waals surface area contributed by atoms with Crippen LogP contribution in [0.5, 0.6) is 5.75 Å². The van der Waals surface area contributed by atoms with E-state index in [2.05, 4.69) is 22.4 Å². The number of rotatable bonds is 7. The van der Waals surface area contributed by atoms with E-state index in [1.165, 1.54) is 24.8 Å². The topological polar surface area (TPSA) is 59.6 Å². The summed E-state index contributed by atoms with van der Waals surface area (Å²) in [7, 11) is 0. The summed E-state index contributed by atoms with van der Waals surface area (Å²) in [6, 6.07) is 8.18. The first-order chi connectivity index (χ1) is 9.78. The van der Waals surface area contributed by atoms with Gasteiger partial charge in [0, 0.05) is 13.1 Å². The molecule has 4 nitrogen and oxygen atoms in total. The van der Waals surface area contributed by atoms with Crippen molar-refractivity contribution in [3.63, 3.8) is 0 Å². The largest absolute Gasteiger partial charge is 0.494 e. The average molecular weight is 403 g/mol. The molecule has 1 fully saturated rings. The van der Waals surface area contributed by atoms with Crippen molar-refractivity contribution >= 4 is 29.9 Å². The summed E-state index contributed by atoms with van der Waals surface area (Å²) in [5, 5.41) is 3.17. The molecular weight excluding hydrogens is 377 g/mol. The number of nitrogens with two attached hydrogens (primary N) is 1. The minimum absolute atomic E-state index is 0. The van der Waals surface area contributed by atoms with Crippen LogP contribution in [0.15, 0.2) is 29.3 Å². The molecule has 0 aromatic heterocycles. The number of nitrogens with zero attached hydrogens (tertiary/aromatic N) is 1. The maximum Gasteiger partial charge on any atom is 0.188 e. The van der Waals surface area contributed by atoms with Crippen LogP contribution in [0, 0.1) is 5.92 Å². The standard InChI is InChI=1S/C16H25N3O.HI/c1-2-20-15-8-4-5-13(11-15)9-10-18-16(17)19-12-14-6-3-7-14;/h4-5,8,11,14H,2-3,6-7,9-10,12H2,1H3,(H3,17,18,19);1H. The van der Waals surface area contributed by atoms with E-state index in [1.807, 2.05) is 19.1 Å². The van der Waals surface area contributed by atoms with Crippen molar-refractivity contribution in [2.75, 3.05) is 19.7 Å². The summed E-state index contributed by atoms with van der Waals surface area (Å²) in [6.07, 6.45) is 4.88. The molecule has 3 N–H and O–H groups in total. The van der Waals surface area contributed by atoms with Crippen LogP contribution < -0.4 is 15.8 Å². The van der Waals surface area contributed by atoms with Gasteiger partial charge in [-0.1, -0.05) is 18.6 Å². The van der Waals surface area contributed by atoms with Crippen LogP contribution in [0.2, 0.25) is 0 Å². The Bertz CT molecular complexity index is 447. The first-order valence-electron chi connectivity index (χ1n) is 7.53.